The second-order valence-electron chi connectivity index (χ2n) is 10.5. The third-order valence-electron chi connectivity index (χ3n) is 7.80. The van der Waals surface area contributed by atoms with E-state index in [9.17, 15) is 17.8 Å². The number of anilines is 3. The maximum Gasteiger partial charge on any atom is 0.145 e. The minimum Gasteiger partial charge on any atom is -0.455 e. The van der Waals surface area contributed by atoms with Crippen LogP contribution in [-0.4, -0.2) is 4.57 Å². The molecule has 0 saturated carbocycles. The highest BCUT2D eigenvalue weighted by Crippen LogP contribution is 2.48. The predicted molar refractivity (Wildman–Crippen MR) is 214 cm³/mol. The molecule has 0 amide bonds. The van der Waals surface area contributed by atoms with Gasteiger partial charge < -0.3 is 13.9 Å². The molecular formula is C48H32N2O. The van der Waals surface area contributed by atoms with Crippen LogP contribution in [0.15, 0.2) is 198 Å². The molecule has 0 aliphatic carbocycles. The van der Waals surface area contributed by atoms with Gasteiger partial charge in [0.15, 0.2) is 0 Å². The zero-order valence-electron chi connectivity index (χ0n) is 57.3. The molecule has 0 atom stereocenters. The fourth-order valence-corrected chi connectivity index (χ4v) is 5.71. The van der Waals surface area contributed by atoms with Crippen LogP contribution in [0.2, 0.25) is 0 Å². The van der Waals surface area contributed by atoms with Crippen LogP contribution in [0.3, 0.4) is 0 Å². The van der Waals surface area contributed by atoms with E-state index in [0.717, 1.165) is 0 Å². The summed E-state index contributed by atoms with van der Waals surface area (Å²) >= 11 is 0. The van der Waals surface area contributed by atoms with Crippen molar-refractivity contribution in [2.45, 2.75) is 0 Å². The molecule has 0 unspecified atom stereocenters. The van der Waals surface area contributed by atoms with Gasteiger partial charge in [-0.3, -0.25) is 0 Å². The SMILES string of the molecule is [2H]c1c([2H])c([2H])c(-c2c([2H])c([2H])c(N(c3c([2H])c([2H])c([2H])c([2H])c3[2H])c3c([2H])c([2H])c4c(oc5c([2H])c([2H])c([2H])c([2H])c54)c3-c3c([2H])c([2H])c([2H])c([2H])c3-n3c4c([2H])c([2H])c([2H])c([2H])c4c4c([2H])c([2H])c([2H])c([2H])c43)c([2H])c2[2H])c([2H])c1[2H]. The number of hydrogen-bond acceptors (Lipinski definition) is 2. The minimum absolute atomic E-state index is 0.305. The number of furan rings is 1. The lowest BCUT2D eigenvalue weighted by Gasteiger charge is -2.28. The number of para-hydroxylation sites is 5. The monoisotopic (exact) mass is 684 g/mol. The lowest BCUT2D eigenvalue weighted by atomic mass is 9.96. The highest BCUT2D eigenvalue weighted by Gasteiger charge is 2.25. The van der Waals surface area contributed by atoms with Crippen LogP contribution in [0.5, 0.6) is 0 Å². The Morgan fingerprint density at radius 2 is 0.980 bits per heavy atom. The van der Waals surface area contributed by atoms with Crippen molar-refractivity contribution < 1.29 is 48.3 Å². The van der Waals surface area contributed by atoms with Crippen LogP contribution in [-0.2, 0) is 0 Å². The van der Waals surface area contributed by atoms with Crippen molar-refractivity contribution >= 4 is 60.8 Å². The topological polar surface area (TPSA) is 21.3 Å². The quantitative estimate of drug-likeness (QED) is 0.174. The lowest BCUT2D eigenvalue weighted by Crippen LogP contribution is -2.11. The summed E-state index contributed by atoms with van der Waals surface area (Å²) in [6, 6.07) is -35.0. The van der Waals surface area contributed by atoms with Crippen molar-refractivity contribution in [2.75, 3.05) is 4.90 Å². The Labute approximate surface area is 340 Å². The second-order valence-corrected chi connectivity index (χ2v) is 10.5. The van der Waals surface area contributed by atoms with Crippen LogP contribution < -0.4 is 4.90 Å². The molecule has 0 N–H and O–H groups in total. The van der Waals surface area contributed by atoms with E-state index in [-0.39, 0.29) is 0 Å². The Bertz CT molecular complexity index is 4550. The first-order valence-electron chi connectivity index (χ1n) is 30.7. The van der Waals surface area contributed by atoms with E-state index < -0.39 is 282 Å². The molecule has 3 heteroatoms. The van der Waals surface area contributed by atoms with E-state index in [1.807, 2.05) is 0 Å². The molecule has 0 aliphatic heterocycles. The summed E-state index contributed by atoms with van der Waals surface area (Å²) in [6.07, 6.45) is 0. The van der Waals surface area contributed by atoms with Gasteiger partial charge in [0.2, 0.25) is 0 Å². The second kappa shape index (κ2) is 11.9. The fourth-order valence-electron chi connectivity index (χ4n) is 5.71. The standard InChI is InChI=1S/C48H32N2O/c1-3-15-33(16-4-1)34-27-29-36(30-28-34)49(35-17-5-2-6-18-35)45-32-31-40-39-21-10-14-26-46(39)51-48(40)47(45)41-22-9-13-25-44(41)50-42-23-11-7-19-37(42)38-20-8-12-24-43(38)50/h1-32H/i1D,2D,3D,4D,5D,6D,7D,8D,9D,10D,11D,12D,13D,14D,15D,16D,17D,18D,19D,20D,21D,22D,23D,24D,25D,26D,27D,28D,29D,30D,31D,32D. The van der Waals surface area contributed by atoms with Gasteiger partial charge in [-0.05, 0) is 71.6 Å². The number of nitrogens with zero attached hydrogens (tertiary/aromatic N) is 2. The summed E-state index contributed by atoms with van der Waals surface area (Å²) < 4.78 is 297. The lowest BCUT2D eigenvalue weighted by molar-refractivity contribution is 0.670. The molecule has 2 heterocycles. The van der Waals surface area contributed by atoms with Crippen LogP contribution in [0.25, 0.3) is 71.7 Å². The summed E-state index contributed by atoms with van der Waals surface area (Å²) in [5, 5.41) is -2.71. The van der Waals surface area contributed by atoms with Crippen LogP contribution in [0, 0.1) is 0 Å². The molecule has 3 nitrogen and oxygen atoms in total. The number of aromatic nitrogens is 1. The Balaban J connectivity index is 1.57. The summed E-state index contributed by atoms with van der Waals surface area (Å²) in [5.74, 6) is 0. The number of benzene rings is 8. The predicted octanol–water partition coefficient (Wildman–Crippen LogP) is 13.5. The molecule has 0 bridgehead atoms. The van der Waals surface area contributed by atoms with Gasteiger partial charge in [0.25, 0.3) is 0 Å². The summed E-state index contributed by atoms with van der Waals surface area (Å²) in [4.78, 5) is 0.305. The normalized spacial score (nSPS) is 20.3. The van der Waals surface area contributed by atoms with Crippen LogP contribution in [0.1, 0.15) is 43.9 Å². The average Bonchev–Trinajstić information content (AvgIpc) is 1.72. The average molecular weight is 685 g/mol. The molecule has 240 valence electrons. The third kappa shape index (κ3) is 4.74. The van der Waals surface area contributed by atoms with E-state index in [2.05, 4.69) is 0 Å². The Morgan fingerprint density at radius 3 is 1.71 bits per heavy atom. The van der Waals surface area contributed by atoms with E-state index in [0.29, 0.717) is 9.47 Å². The van der Waals surface area contributed by atoms with Gasteiger partial charge in [0.05, 0.1) is 71.8 Å². The maximum atomic E-state index is 10.1. The zero-order chi connectivity index (χ0) is 61.6. The van der Waals surface area contributed by atoms with Gasteiger partial charge in [-0.2, -0.15) is 0 Å². The van der Waals surface area contributed by atoms with Gasteiger partial charge in [-0.15, -0.1) is 0 Å². The molecule has 10 rings (SSSR count). The van der Waals surface area contributed by atoms with E-state index in [1.165, 1.54) is 0 Å². The van der Waals surface area contributed by atoms with Crippen molar-refractivity contribution in [3.05, 3.63) is 193 Å². The number of hydrogen-bond donors (Lipinski definition) is 0. The van der Waals surface area contributed by atoms with Crippen molar-refractivity contribution in [2.24, 2.45) is 0 Å². The molecule has 0 radical (unpaired) electrons. The molecule has 0 spiro atoms. The fraction of sp³-hybridized carbons (Fsp3) is 0. The van der Waals surface area contributed by atoms with Gasteiger partial charge >= 0.3 is 0 Å². The van der Waals surface area contributed by atoms with Crippen molar-refractivity contribution in [3.8, 4) is 27.9 Å². The zero-order valence-corrected chi connectivity index (χ0v) is 25.3. The van der Waals surface area contributed by atoms with Crippen molar-refractivity contribution in [3.63, 3.8) is 0 Å². The van der Waals surface area contributed by atoms with Gasteiger partial charge in [0.1, 0.15) is 11.2 Å². The van der Waals surface area contributed by atoms with Gasteiger partial charge in [0, 0.05) is 38.5 Å². The summed E-state index contributed by atoms with van der Waals surface area (Å²) in [5.41, 5.74) is -12.1. The molecule has 0 aliphatic rings. The Hall–Kier alpha value is -6.84. The van der Waals surface area contributed by atoms with Crippen LogP contribution in [0.4, 0.5) is 17.1 Å². The number of rotatable bonds is 6. The third-order valence-corrected chi connectivity index (χ3v) is 7.80. The van der Waals surface area contributed by atoms with Crippen LogP contribution >= 0.6 is 0 Å². The van der Waals surface area contributed by atoms with Crippen molar-refractivity contribution in [1.82, 2.24) is 4.57 Å². The Kier molecular flexibility index (Phi) is 2.66. The first-order valence-corrected chi connectivity index (χ1v) is 14.7. The molecular weight excluding hydrogens is 621 g/mol. The van der Waals surface area contributed by atoms with E-state index >= 15 is 0 Å². The van der Waals surface area contributed by atoms with Gasteiger partial charge in [-0.25, -0.2) is 0 Å². The maximum absolute atomic E-state index is 10.1. The van der Waals surface area contributed by atoms with Crippen molar-refractivity contribution in [1.29, 1.82) is 0 Å². The Morgan fingerprint density at radius 1 is 0.431 bits per heavy atom. The highest BCUT2D eigenvalue weighted by atomic mass is 16.3. The molecule has 2 aromatic heterocycles. The molecule has 51 heavy (non-hydrogen) atoms. The first kappa shape index (κ1) is 11.3. The number of fused-ring (bicyclic) bond motifs is 6. The largest absolute Gasteiger partial charge is 0.455 e. The molecule has 0 fully saturated rings. The van der Waals surface area contributed by atoms with Gasteiger partial charge in [-0.1, -0.05) is 133 Å². The van der Waals surface area contributed by atoms with E-state index in [1.54, 1.807) is 0 Å². The summed E-state index contributed by atoms with van der Waals surface area (Å²) in [7, 11) is 0. The first-order chi connectivity index (χ1) is 38.6. The summed E-state index contributed by atoms with van der Waals surface area (Å²) in [6.45, 7) is 0. The minimum atomic E-state index is -1.34. The molecule has 0 saturated heterocycles. The molecule has 10 aromatic rings. The molecule has 8 aromatic carbocycles. The smallest absolute Gasteiger partial charge is 0.145 e. The highest BCUT2D eigenvalue weighted by molar-refractivity contribution is 6.15. The van der Waals surface area contributed by atoms with E-state index in [4.69, 9.17) is 30.5 Å².